The molecule has 1 N–H and O–H groups in total. The largest absolute Gasteiger partial charge is 0.332 e. The van der Waals surface area contributed by atoms with Crippen molar-refractivity contribution in [2.24, 2.45) is 0 Å². The number of benzene rings is 1. The molecule has 4 rings (SSSR count). The van der Waals surface area contributed by atoms with Gasteiger partial charge in [-0.15, -0.1) is 11.3 Å². The van der Waals surface area contributed by atoms with Gasteiger partial charge in [-0.3, -0.25) is 19.8 Å². The highest BCUT2D eigenvalue weighted by atomic mass is 32.2. The molecule has 0 bridgehead atoms. The van der Waals surface area contributed by atoms with Crippen molar-refractivity contribution in [3.8, 4) is 11.1 Å². The number of aryl methyl sites for hydroxylation is 1. The number of carbonyl (C=O) groups is 2. The molecule has 28 heavy (non-hydrogen) atoms. The van der Waals surface area contributed by atoms with Crippen LogP contribution in [-0.2, 0) is 4.79 Å². The highest BCUT2D eigenvalue weighted by Gasteiger charge is 2.22. The van der Waals surface area contributed by atoms with Crippen LogP contribution in [-0.4, -0.2) is 44.5 Å². The van der Waals surface area contributed by atoms with Crippen LogP contribution in [0.5, 0.6) is 0 Å². The third-order valence-corrected chi connectivity index (χ3v) is 6.46. The first-order valence-corrected chi connectivity index (χ1v) is 10.6. The molecule has 0 aliphatic carbocycles. The van der Waals surface area contributed by atoms with Gasteiger partial charge in [0.1, 0.15) is 11.2 Å². The summed E-state index contributed by atoms with van der Waals surface area (Å²) in [6, 6.07) is 9.68. The first-order chi connectivity index (χ1) is 13.5. The molecule has 2 amide bonds. The van der Waals surface area contributed by atoms with E-state index in [1.165, 1.54) is 29.4 Å². The molecule has 9 heteroatoms. The molecular weight excluding hydrogens is 396 g/mol. The van der Waals surface area contributed by atoms with Gasteiger partial charge >= 0.3 is 0 Å². The number of thioether (sulfide) groups is 1. The Morgan fingerprint density at radius 3 is 2.75 bits per heavy atom. The summed E-state index contributed by atoms with van der Waals surface area (Å²) in [5.41, 5.74) is 4.07. The summed E-state index contributed by atoms with van der Waals surface area (Å²) >= 11 is 2.72. The molecule has 2 aromatic heterocycles. The van der Waals surface area contributed by atoms with Gasteiger partial charge in [0.05, 0.1) is 5.39 Å². The van der Waals surface area contributed by atoms with Gasteiger partial charge in [-0.2, -0.15) is 0 Å². The SMILES string of the molecule is Cc1sc2ncn(NC(=O)CCN3CCSC3=O)c(=O)c2c1-c1ccccc1. The molecule has 0 unspecified atom stereocenters. The minimum absolute atomic E-state index is 0.00527. The standard InChI is InChI=1S/C19H18N4O3S2/c1-12-15(13-5-3-2-4-6-13)16-17(28-12)20-11-23(18(16)25)21-14(24)7-8-22-9-10-27-19(22)26/h2-6,11H,7-10H2,1H3,(H,21,24). The van der Waals surface area contributed by atoms with E-state index >= 15 is 0 Å². The fraction of sp³-hybridized carbons (Fsp3) is 0.263. The fourth-order valence-electron chi connectivity index (χ4n) is 3.19. The molecule has 0 radical (unpaired) electrons. The lowest BCUT2D eigenvalue weighted by Gasteiger charge is -2.14. The van der Waals surface area contributed by atoms with Crippen molar-refractivity contribution >= 4 is 44.5 Å². The first kappa shape index (κ1) is 18.7. The van der Waals surface area contributed by atoms with E-state index in [0.717, 1.165) is 26.4 Å². The molecule has 1 aliphatic heterocycles. The summed E-state index contributed by atoms with van der Waals surface area (Å²) in [4.78, 5) is 44.6. The van der Waals surface area contributed by atoms with Crippen LogP contribution in [0.2, 0.25) is 0 Å². The van der Waals surface area contributed by atoms with Crippen LogP contribution in [0.1, 0.15) is 11.3 Å². The zero-order chi connectivity index (χ0) is 19.7. The molecule has 3 heterocycles. The van der Waals surface area contributed by atoms with Gasteiger partial charge in [-0.1, -0.05) is 42.1 Å². The monoisotopic (exact) mass is 414 g/mol. The van der Waals surface area contributed by atoms with Gasteiger partial charge in [-0.05, 0) is 12.5 Å². The van der Waals surface area contributed by atoms with Crippen LogP contribution in [0.25, 0.3) is 21.3 Å². The maximum Gasteiger partial charge on any atom is 0.281 e. The first-order valence-electron chi connectivity index (χ1n) is 8.82. The summed E-state index contributed by atoms with van der Waals surface area (Å²) in [6.07, 6.45) is 1.47. The van der Waals surface area contributed by atoms with Crippen molar-refractivity contribution < 1.29 is 9.59 Å². The lowest BCUT2D eigenvalue weighted by atomic mass is 10.0. The zero-order valence-electron chi connectivity index (χ0n) is 15.2. The second-order valence-electron chi connectivity index (χ2n) is 6.39. The van der Waals surface area contributed by atoms with Gasteiger partial charge in [-0.25, -0.2) is 9.66 Å². The van der Waals surface area contributed by atoms with E-state index in [0.29, 0.717) is 23.3 Å². The number of carbonyl (C=O) groups excluding carboxylic acids is 2. The molecule has 1 aliphatic rings. The second kappa shape index (κ2) is 7.76. The Labute approximate surface area is 169 Å². The van der Waals surface area contributed by atoms with Crippen LogP contribution in [0.4, 0.5) is 4.79 Å². The van der Waals surface area contributed by atoms with Crippen LogP contribution >= 0.6 is 23.1 Å². The number of nitrogens with zero attached hydrogens (tertiary/aromatic N) is 3. The van der Waals surface area contributed by atoms with E-state index in [-0.39, 0.29) is 23.1 Å². The summed E-state index contributed by atoms with van der Waals surface area (Å²) < 4.78 is 1.13. The number of hydrogen-bond donors (Lipinski definition) is 1. The Kier molecular flexibility index (Phi) is 5.19. The Morgan fingerprint density at radius 2 is 2.04 bits per heavy atom. The van der Waals surface area contributed by atoms with Crippen molar-refractivity contribution in [2.75, 3.05) is 24.3 Å². The molecule has 0 atom stereocenters. The van der Waals surface area contributed by atoms with Gasteiger partial charge < -0.3 is 4.90 Å². The maximum absolute atomic E-state index is 13.0. The highest BCUT2D eigenvalue weighted by Crippen LogP contribution is 2.35. The lowest BCUT2D eigenvalue weighted by Crippen LogP contribution is -2.35. The summed E-state index contributed by atoms with van der Waals surface area (Å²) in [5.74, 6) is 0.418. The zero-order valence-corrected chi connectivity index (χ0v) is 16.8. The van der Waals surface area contributed by atoms with Gasteiger partial charge in [0, 0.05) is 35.7 Å². The Bertz CT molecular complexity index is 1110. The third-order valence-electron chi connectivity index (χ3n) is 4.55. The number of thiophene rings is 1. The number of aromatic nitrogens is 2. The van der Waals surface area contributed by atoms with Crippen LogP contribution in [0.3, 0.4) is 0 Å². The molecule has 0 spiro atoms. The predicted octanol–water partition coefficient (Wildman–Crippen LogP) is 3.06. The van der Waals surface area contributed by atoms with E-state index in [1.54, 1.807) is 4.90 Å². The Morgan fingerprint density at radius 1 is 1.25 bits per heavy atom. The minimum Gasteiger partial charge on any atom is -0.332 e. The highest BCUT2D eigenvalue weighted by molar-refractivity contribution is 8.13. The topological polar surface area (TPSA) is 84.3 Å². The van der Waals surface area contributed by atoms with E-state index in [9.17, 15) is 14.4 Å². The quantitative estimate of drug-likeness (QED) is 0.694. The molecule has 0 saturated carbocycles. The molecule has 1 saturated heterocycles. The number of hydrogen-bond acceptors (Lipinski definition) is 6. The fourth-order valence-corrected chi connectivity index (χ4v) is 5.04. The maximum atomic E-state index is 13.0. The molecule has 7 nitrogen and oxygen atoms in total. The van der Waals surface area contributed by atoms with Gasteiger partial charge in [0.25, 0.3) is 10.8 Å². The van der Waals surface area contributed by atoms with E-state index < -0.39 is 0 Å². The normalized spacial score (nSPS) is 14.0. The van der Waals surface area contributed by atoms with Crippen molar-refractivity contribution in [2.45, 2.75) is 13.3 Å². The van der Waals surface area contributed by atoms with E-state index in [1.807, 2.05) is 37.3 Å². The van der Waals surface area contributed by atoms with Crippen molar-refractivity contribution in [1.82, 2.24) is 14.6 Å². The molecule has 3 aromatic rings. The Balaban J connectivity index is 1.60. The average molecular weight is 415 g/mol. The average Bonchev–Trinajstić information content (AvgIpc) is 3.25. The summed E-state index contributed by atoms with van der Waals surface area (Å²) in [6.45, 7) is 2.95. The summed E-state index contributed by atoms with van der Waals surface area (Å²) in [7, 11) is 0. The van der Waals surface area contributed by atoms with Crippen LogP contribution < -0.4 is 11.0 Å². The van der Waals surface area contributed by atoms with Crippen LogP contribution in [0, 0.1) is 6.92 Å². The number of fused-ring (bicyclic) bond motifs is 1. The second-order valence-corrected chi connectivity index (χ2v) is 8.63. The minimum atomic E-state index is -0.332. The van der Waals surface area contributed by atoms with Crippen molar-refractivity contribution in [3.63, 3.8) is 0 Å². The molecular formula is C19H18N4O3S2. The third kappa shape index (κ3) is 3.55. The van der Waals surface area contributed by atoms with Crippen molar-refractivity contribution in [1.29, 1.82) is 0 Å². The molecule has 144 valence electrons. The van der Waals surface area contributed by atoms with Gasteiger partial charge in [0.2, 0.25) is 5.91 Å². The van der Waals surface area contributed by atoms with E-state index in [4.69, 9.17) is 0 Å². The lowest BCUT2D eigenvalue weighted by molar-refractivity contribution is -0.117. The van der Waals surface area contributed by atoms with Gasteiger partial charge in [0.15, 0.2) is 0 Å². The van der Waals surface area contributed by atoms with E-state index in [2.05, 4.69) is 10.4 Å². The molecule has 1 fully saturated rings. The van der Waals surface area contributed by atoms with Crippen LogP contribution in [0.15, 0.2) is 41.5 Å². The summed E-state index contributed by atoms with van der Waals surface area (Å²) in [5, 5.41) is 0.497. The van der Waals surface area contributed by atoms with Crippen molar-refractivity contribution in [3.05, 3.63) is 51.9 Å². The molecule has 1 aromatic carbocycles. The number of nitrogens with one attached hydrogen (secondary N) is 1. The smallest absolute Gasteiger partial charge is 0.281 e. The number of amides is 2. The predicted molar refractivity (Wildman–Crippen MR) is 112 cm³/mol. The Hall–Kier alpha value is -2.65. The number of rotatable bonds is 5.